The predicted octanol–water partition coefficient (Wildman–Crippen LogP) is 2.69. The van der Waals surface area contributed by atoms with Gasteiger partial charge in [0.05, 0.1) is 18.9 Å². The van der Waals surface area contributed by atoms with Crippen LogP contribution in [-0.2, 0) is 9.59 Å². The van der Waals surface area contributed by atoms with Crippen LogP contribution < -0.4 is 10.1 Å². The van der Waals surface area contributed by atoms with Crippen molar-refractivity contribution in [1.29, 1.82) is 0 Å². The fraction of sp³-hybridized carbons (Fsp3) is 0.375. The number of ether oxygens (including phenoxy) is 1. The second-order valence-corrected chi connectivity index (χ2v) is 5.26. The molecule has 1 aliphatic carbocycles. The van der Waals surface area contributed by atoms with Crippen molar-refractivity contribution in [3.8, 4) is 5.75 Å². The summed E-state index contributed by atoms with van der Waals surface area (Å²) in [5.41, 5.74) is 1.69. The molecule has 0 unspecified atom stereocenters. The number of hydrogen-bond acceptors (Lipinski definition) is 3. The number of methoxy groups -OCH3 is 1. The molecule has 0 bridgehead atoms. The largest absolute Gasteiger partial charge is 0.497 e. The van der Waals surface area contributed by atoms with Crippen LogP contribution in [0.1, 0.15) is 19.8 Å². The maximum absolute atomic E-state index is 12.3. The Hall–Kier alpha value is -2.30. The van der Waals surface area contributed by atoms with Gasteiger partial charge >= 0.3 is 5.97 Å². The van der Waals surface area contributed by atoms with Gasteiger partial charge in [0.1, 0.15) is 5.75 Å². The standard InChI is InChI=1S/C16H19NO4/c1-10-3-8-13(16(19)20)14(9-10)15(18)17-11-4-6-12(21-2)7-5-11/h3-7,13-14H,8-9H2,1-2H3,(H,17,18)(H,19,20)/t13-,14-/m0/s1. The van der Waals surface area contributed by atoms with Gasteiger partial charge in [0.2, 0.25) is 5.91 Å². The van der Waals surface area contributed by atoms with Crippen molar-refractivity contribution in [2.75, 3.05) is 12.4 Å². The maximum Gasteiger partial charge on any atom is 0.307 e. The van der Waals surface area contributed by atoms with E-state index < -0.39 is 17.8 Å². The zero-order valence-electron chi connectivity index (χ0n) is 12.1. The zero-order valence-corrected chi connectivity index (χ0v) is 12.1. The van der Waals surface area contributed by atoms with E-state index in [2.05, 4.69) is 5.32 Å². The number of hydrogen-bond donors (Lipinski definition) is 2. The lowest BCUT2D eigenvalue weighted by atomic mass is 9.79. The number of carbonyl (C=O) groups is 2. The summed E-state index contributed by atoms with van der Waals surface area (Å²) < 4.78 is 5.06. The first-order valence-electron chi connectivity index (χ1n) is 6.84. The van der Waals surface area contributed by atoms with Gasteiger partial charge in [-0.1, -0.05) is 11.6 Å². The number of allylic oxidation sites excluding steroid dienone is 2. The summed E-state index contributed by atoms with van der Waals surface area (Å²) in [6, 6.07) is 6.96. The topological polar surface area (TPSA) is 75.6 Å². The van der Waals surface area contributed by atoms with Gasteiger partial charge in [-0.3, -0.25) is 9.59 Å². The van der Waals surface area contributed by atoms with Crippen molar-refractivity contribution in [3.05, 3.63) is 35.9 Å². The third-order valence-electron chi connectivity index (χ3n) is 3.76. The molecule has 1 aromatic carbocycles. The lowest BCUT2D eigenvalue weighted by Gasteiger charge is -2.26. The highest BCUT2D eigenvalue weighted by Gasteiger charge is 2.35. The number of nitrogens with one attached hydrogen (secondary N) is 1. The van der Waals surface area contributed by atoms with Crippen LogP contribution in [0.25, 0.3) is 0 Å². The molecule has 5 heteroatoms. The van der Waals surface area contributed by atoms with Gasteiger partial charge < -0.3 is 15.2 Å². The normalized spacial score (nSPS) is 21.3. The Morgan fingerprint density at radius 3 is 2.48 bits per heavy atom. The Morgan fingerprint density at radius 1 is 1.24 bits per heavy atom. The van der Waals surface area contributed by atoms with Gasteiger partial charge in [-0.2, -0.15) is 0 Å². The van der Waals surface area contributed by atoms with E-state index in [0.29, 0.717) is 24.3 Å². The number of aliphatic carboxylic acids is 1. The molecule has 2 rings (SSSR count). The number of carboxylic acid groups (broad SMARTS) is 1. The van der Waals surface area contributed by atoms with Gasteiger partial charge in [0.15, 0.2) is 0 Å². The van der Waals surface area contributed by atoms with E-state index in [-0.39, 0.29) is 5.91 Å². The van der Waals surface area contributed by atoms with Crippen molar-refractivity contribution >= 4 is 17.6 Å². The Labute approximate surface area is 123 Å². The van der Waals surface area contributed by atoms with Crippen molar-refractivity contribution in [3.63, 3.8) is 0 Å². The highest BCUT2D eigenvalue weighted by atomic mass is 16.5. The summed E-state index contributed by atoms with van der Waals surface area (Å²) in [6.45, 7) is 1.92. The van der Waals surface area contributed by atoms with Crippen LogP contribution in [0.4, 0.5) is 5.69 Å². The van der Waals surface area contributed by atoms with Crippen LogP contribution in [0.2, 0.25) is 0 Å². The van der Waals surface area contributed by atoms with E-state index in [0.717, 1.165) is 5.57 Å². The molecule has 0 heterocycles. The third kappa shape index (κ3) is 3.62. The first kappa shape index (κ1) is 15.1. The van der Waals surface area contributed by atoms with E-state index >= 15 is 0 Å². The van der Waals surface area contributed by atoms with E-state index in [9.17, 15) is 14.7 Å². The lowest BCUT2D eigenvalue weighted by Crippen LogP contribution is -2.35. The van der Waals surface area contributed by atoms with Crippen LogP contribution >= 0.6 is 0 Å². The molecule has 0 radical (unpaired) electrons. The SMILES string of the molecule is COc1ccc(NC(=O)[C@H]2CC(C)=CC[C@@H]2C(=O)O)cc1. The van der Waals surface area contributed by atoms with Gasteiger partial charge in [0.25, 0.3) is 0 Å². The number of rotatable bonds is 4. The van der Waals surface area contributed by atoms with Crippen molar-refractivity contribution in [2.24, 2.45) is 11.8 Å². The van der Waals surface area contributed by atoms with Gasteiger partial charge in [0, 0.05) is 5.69 Å². The third-order valence-corrected chi connectivity index (χ3v) is 3.76. The molecule has 2 atom stereocenters. The van der Waals surface area contributed by atoms with Crippen molar-refractivity contribution in [2.45, 2.75) is 19.8 Å². The molecule has 0 saturated carbocycles. The first-order valence-corrected chi connectivity index (χ1v) is 6.84. The molecule has 1 amide bonds. The minimum atomic E-state index is -0.923. The fourth-order valence-electron chi connectivity index (χ4n) is 2.52. The second kappa shape index (κ2) is 6.43. The molecule has 0 saturated heterocycles. The molecule has 21 heavy (non-hydrogen) atoms. The van der Waals surface area contributed by atoms with Crippen LogP contribution in [0.15, 0.2) is 35.9 Å². The Morgan fingerprint density at radius 2 is 1.90 bits per heavy atom. The molecule has 2 N–H and O–H groups in total. The van der Waals surface area contributed by atoms with Crippen LogP contribution in [0.5, 0.6) is 5.75 Å². The molecule has 1 aromatic rings. The van der Waals surface area contributed by atoms with E-state index in [1.807, 2.05) is 13.0 Å². The zero-order chi connectivity index (χ0) is 15.4. The molecular weight excluding hydrogens is 270 g/mol. The summed E-state index contributed by atoms with van der Waals surface area (Å²) in [5, 5.41) is 12.0. The number of benzene rings is 1. The second-order valence-electron chi connectivity index (χ2n) is 5.26. The molecule has 0 aliphatic heterocycles. The van der Waals surface area contributed by atoms with Crippen LogP contribution in [0.3, 0.4) is 0 Å². The Kier molecular flexibility index (Phi) is 4.62. The Bertz CT molecular complexity index is 562. The Balaban J connectivity index is 2.10. The minimum absolute atomic E-state index is 0.250. The molecule has 0 spiro atoms. The molecule has 0 aromatic heterocycles. The van der Waals surface area contributed by atoms with Gasteiger partial charge in [-0.05, 0) is 44.0 Å². The maximum atomic E-state index is 12.3. The molecule has 0 fully saturated rings. The average Bonchev–Trinajstić information content (AvgIpc) is 2.47. The predicted molar refractivity (Wildman–Crippen MR) is 79.2 cm³/mol. The van der Waals surface area contributed by atoms with Crippen LogP contribution in [0, 0.1) is 11.8 Å². The first-order chi connectivity index (χ1) is 10.0. The van der Waals surface area contributed by atoms with E-state index in [1.54, 1.807) is 31.4 Å². The number of anilines is 1. The molecule has 5 nitrogen and oxygen atoms in total. The highest BCUT2D eigenvalue weighted by Crippen LogP contribution is 2.31. The quantitative estimate of drug-likeness (QED) is 0.836. The van der Waals surface area contributed by atoms with Crippen molar-refractivity contribution in [1.82, 2.24) is 0 Å². The summed E-state index contributed by atoms with van der Waals surface area (Å²) in [4.78, 5) is 23.6. The number of carboxylic acids is 1. The summed E-state index contributed by atoms with van der Waals surface area (Å²) in [7, 11) is 1.57. The highest BCUT2D eigenvalue weighted by molar-refractivity contribution is 5.95. The van der Waals surface area contributed by atoms with E-state index in [1.165, 1.54) is 0 Å². The fourth-order valence-corrected chi connectivity index (χ4v) is 2.52. The average molecular weight is 289 g/mol. The molecular formula is C16H19NO4. The van der Waals surface area contributed by atoms with Crippen molar-refractivity contribution < 1.29 is 19.4 Å². The van der Waals surface area contributed by atoms with Gasteiger partial charge in [-0.15, -0.1) is 0 Å². The number of carbonyl (C=O) groups excluding carboxylic acids is 1. The lowest BCUT2D eigenvalue weighted by molar-refractivity contribution is -0.146. The molecule has 112 valence electrons. The van der Waals surface area contributed by atoms with Gasteiger partial charge in [-0.25, -0.2) is 0 Å². The number of amides is 1. The van der Waals surface area contributed by atoms with Crippen LogP contribution in [-0.4, -0.2) is 24.1 Å². The molecule has 1 aliphatic rings. The smallest absolute Gasteiger partial charge is 0.307 e. The monoisotopic (exact) mass is 289 g/mol. The minimum Gasteiger partial charge on any atom is -0.497 e. The summed E-state index contributed by atoms with van der Waals surface area (Å²) in [6.07, 6.45) is 2.79. The summed E-state index contributed by atoms with van der Waals surface area (Å²) >= 11 is 0. The summed E-state index contributed by atoms with van der Waals surface area (Å²) in [5.74, 6) is -1.66. The van der Waals surface area contributed by atoms with E-state index in [4.69, 9.17) is 4.74 Å².